The van der Waals surface area contributed by atoms with Crippen LogP contribution < -0.4 is 5.32 Å². The van der Waals surface area contributed by atoms with Crippen LogP contribution in [0.2, 0.25) is 0 Å². The summed E-state index contributed by atoms with van der Waals surface area (Å²) in [5.74, 6) is 0.770. The molecular weight excluding hydrogens is 302 g/mol. The Kier molecular flexibility index (Phi) is 5.85. The molecule has 5 heteroatoms. The van der Waals surface area contributed by atoms with Gasteiger partial charge in [0.05, 0.1) is 5.56 Å². The number of phenolic OH excluding ortho intramolecular Hbond substituents is 1. The van der Waals surface area contributed by atoms with E-state index in [0.29, 0.717) is 5.56 Å². The Balaban J connectivity index is 2.66. The van der Waals surface area contributed by atoms with Crippen LogP contribution in [0, 0.1) is 0 Å². The number of carbonyl (C=O) groups is 1. The SMILES string of the molecule is CSCCC(C)NC(=O)c1cc(Br)ccc1O. The monoisotopic (exact) mass is 317 g/mol. The number of thioether (sulfide) groups is 1. The molecule has 0 heterocycles. The summed E-state index contributed by atoms with van der Waals surface area (Å²) in [6, 6.07) is 4.93. The van der Waals surface area contributed by atoms with Gasteiger partial charge in [0.15, 0.2) is 0 Å². The highest BCUT2D eigenvalue weighted by molar-refractivity contribution is 9.10. The van der Waals surface area contributed by atoms with Gasteiger partial charge < -0.3 is 10.4 Å². The quantitative estimate of drug-likeness (QED) is 0.877. The van der Waals surface area contributed by atoms with E-state index in [1.165, 1.54) is 6.07 Å². The predicted molar refractivity (Wildman–Crippen MR) is 75.7 cm³/mol. The van der Waals surface area contributed by atoms with Crippen molar-refractivity contribution in [1.29, 1.82) is 0 Å². The number of amides is 1. The van der Waals surface area contributed by atoms with E-state index in [0.717, 1.165) is 16.6 Å². The minimum atomic E-state index is -0.239. The number of nitrogens with one attached hydrogen (secondary N) is 1. The van der Waals surface area contributed by atoms with Crippen LogP contribution in [0.5, 0.6) is 5.75 Å². The summed E-state index contributed by atoms with van der Waals surface area (Å²) in [4.78, 5) is 11.9. The van der Waals surface area contributed by atoms with Crippen LogP contribution in [0.15, 0.2) is 22.7 Å². The van der Waals surface area contributed by atoms with Crippen molar-refractivity contribution in [1.82, 2.24) is 5.32 Å². The number of aromatic hydroxyl groups is 1. The lowest BCUT2D eigenvalue weighted by molar-refractivity contribution is 0.0937. The van der Waals surface area contributed by atoms with Crippen molar-refractivity contribution < 1.29 is 9.90 Å². The molecule has 0 fully saturated rings. The zero-order valence-electron chi connectivity index (χ0n) is 9.87. The lowest BCUT2D eigenvalue weighted by Crippen LogP contribution is -2.32. The van der Waals surface area contributed by atoms with Crippen LogP contribution in [0.1, 0.15) is 23.7 Å². The minimum absolute atomic E-state index is 0.00256. The van der Waals surface area contributed by atoms with Crippen LogP contribution in [0.3, 0.4) is 0 Å². The van der Waals surface area contributed by atoms with Gasteiger partial charge in [0.1, 0.15) is 5.75 Å². The Morgan fingerprint density at radius 1 is 1.59 bits per heavy atom. The Morgan fingerprint density at radius 3 is 2.94 bits per heavy atom. The minimum Gasteiger partial charge on any atom is -0.507 e. The number of benzene rings is 1. The third-order valence-electron chi connectivity index (χ3n) is 2.34. The molecule has 0 saturated heterocycles. The number of hydrogen-bond donors (Lipinski definition) is 2. The first kappa shape index (κ1) is 14.4. The van der Waals surface area contributed by atoms with E-state index in [-0.39, 0.29) is 17.7 Å². The number of hydrogen-bond acceptors (Lipinski definition) is 3. The molecule has 0 radical (unpaired) electrons. The highest BCUT2D eigenvalue weighted by Crippen LogP contribution is 2.21. The Hall–Kier alpha value is -0.680. The van der Waals surface area contributed by atoms with E-state index >= 15 is 0 Å². The molecule has 0 aliphatic carbocycles. The Labute approximate surface area is 114 Å². The van der Waals surface area contributed by atoms with Crippen LogP contribution >= 0.6 is 27.7 Å². The van der Waals surface area contributed by atoms with Crippen molar-refractivity contribution in [3.63, 3.8) is 0 Å². The smallest absolute Gasteiger partial charge is 0.255 e. The van der Waals surface area contributed by atoms with Crippen molar-refractivity contribution in [2.24, 2.45) is 0 Å². The van der Waals surface area contributed by atoms with Gasteiger partial charge in [-0.2, -0.15) is 11.8 Å². The van der Waals surface area contributed by atoms with E-state index in [1.807, 2.05) is 13.2 Å². The van der Waals surface area contributed by atoms with Gasteiger partial charge in [-0.1, -0.05) is 15.9 Å². The molecule has 1 amide bonds. The lowest BCUT2D eigenvalue weighted by Gasteiger charge is -2.13. The van der Waals surface area contributed by atoms with E-state index in [1.54, 1.807) is 23.9 Å². The fraction of sp³-hybridized carbons (Fsp3) is 0.417. The number of carbonyl (C=O) groups excluding carboxylic acids is 1. The van der Waals surface area contributed by atoms with Gasteiger partial charge in [-0.3, -0.25) is 4.79 Å². The molecule has 3 nitrogen and oxygen atoms in total. The molecule has 0 spiro atoms. The van der Waals surface area contributed by atoms with E-state index < -0.39 is 0 Å². The van der Waals surface area contributed by atoms with Crippen molar-refractivity contribution in [2.75, 3.05) is 12.0 Å². The molecule has 0 aliphatic heterocycles. The molecule has 1 rings (SSSR count). The van der Waals surface area contributed by atoms with E-state index in [9.17, 15) is 9.90 Å². The molecule has 0 saturated carbocycles. The maximum absolute atomic E-state index is 11.9. The molecule has 0 bridgehead atoms. The van der Waals surface area contributed by atoms with Gasteiger partial charge in [0.2, 0.25) is 0 Å². The summed E-state index contributed by atoms with van der Waals surface area (Å²) in [6.45, 7) is 1.96. The summed E-state index contributed by atoms with van der Waals surface area (Å²) >= 11 is 5.03. The van der Waals surface area contributed by atoms with Crippen molar-refractivity contribution in [3.8, 4) is 5.75 Å². The second-order valence-corrected chi connectivity index (χ2v) is 5.72. The maximum atomic E-state index is 11.9. The molecule has 1 aromatic carbocycles. The average Bonchev–Trinajstić information content (AvgIpc) is 2.29. The van der Waals surface area contributed by atoms with Crippen LogP contribution in [0.25, 0.3) is 0 Å². The van der Waals surface area contributed by atoms with Crippen molar-refractivity contribution in [2.45, 2.75) is 19.4 Å². The standard InChI is InChI=1S/C12H16BrNO2S/c1-8(5-6-17-2)14-12(16)10-7-9(13)3-4-11(10)15/h3-4,7-8,15H,5-6H2,1-2H3,(H,14,16). The molecule has 1 aromatic rings. The second-order valence-electron chi connectivity index (χ2n) is 3.82. The summed E-state index contributed by atoms with van der Waals surface area (Å²) in [5, 5.41) is 12.5. The number of phenols is 1. The van der Waals surface area contributed by atoms with Crippen LogP contribution in [-0.4, -0.2) is 29.1 Å². The lowest BCUT2D eigenvalue weighted by atomic mass is 10.1. The highest BCUT2D eigenvalue weighted by atomic mass is 79.9. The third-order valence-corrected chi connectivity index (χ3v) is 3.47. The van der Waals surface area contributed by atoms with E-state index in [2.05, 4.69) is 21.2 Å². The molecule has 1 unspecified atom stereocenters. The van der Waals surface area contributed by atoms with Crippen LogP contribution in [0.4, 0.5) is 0 Å². The summed E-state index contributed by atoms with van der Waals surface area (Å²) in [7, 11) is 0. The molecule has 17 heavy (non-hydrogen) atoms. The van der Waals surface area contributed by atoms with Crippen molar-refractivity contribution in [3.05, 3.63) is 28.2 Å². The maximum Gasteiger partial charge on any atom is 0.255 e. The second kappa shape index (κ2) is 6.91. The summed E-state index contributed by atoms with van der Waals surface area (Å²) in [6.07, 6.45) is 2.95. The first-order valence-electron chi connectivity index (χ1n) is 5.33. The molecule has 0 aliphatic rings. The highest BCUT2D eigenvalue weighted by Gasteiger charge is 2.13. The van der Waals surface area contributed by atoms with Gasteiger partial charge in [0, 0.05) is 10.5 Å². The normalized spacial score (nSPS) is 12.2. The zero-order valence-corrected chi connectivity index (χ0v) is 12.3. The van der Waals surface area contributed by atoms with Crippen molar-refractivity contribution >= 4 is 33.6 Å². The first-order chi connectivity index (χ1) is 8.04. The fourth-order valence-corrected chi connectivity index (χ4v) is 2.31. The largest absolute Gasteiger partial charge is 0.507 e. The number of halogens is 1. The van der Waals surface area contributed by atoms with Gasteiger partial charge in [-0.25, -0.2) is 0 Å². The third kappa shape index (κ3) is 4.60. The molecule has 94 valence electrons. The molecule has 1 atom stereocenters. The zero-order chi connectivity index (χ0) is 12.8. The van der Waals surface area contributed by atoms with Gasteiger partial charge in [-0.05, 0) is 43.6 Å². The molecule has 2 N–H and O–H groups in total. The Bertz CT molecular complexity index is 398. The first-order valence-corrected chi connectivity index (χ1v) is 7.51. The molecular formula is C12H16BrNO2S. The summed E-state index contributed by atoms with van der Waals surface area (Å²) in [5.41, 5.74) is 0.301. The van der Waals surface area contributed by atoms with Gasteiger partial charge in [-0.15, -0.1) is 0 Å². The van der Waals surface area contributed by atoms with Gasteiger partial charge >= 0.3 is 0 Å². The fourth-order valence-electron chi connectivity index (χ4n) is 1.36. The van der Waals surface area contributed by atoms with Gasteiger partial charge in [0.25, 0.3) is 5.91 Å². The van der Waals surface area contributed by atoms with E-state index in [4.69, 9.17) is 0 Å². The Morgan fingerprint density at radius 2 is 2.29 bits per heavy atom. The molecule has 0 aromatic heterocycles. The predicted octanol–water partition coefficient (Wildman–Crippen LogP) is 3.03. The van der Waals surface area contributed by atoms with Crippen LogP contribution in [-0.2, 0) is 0 Å². The summed E-state index contributed by atoms with van der Waals surface area (Å²) < 4.78 is 0.775. The number of rotatable bonds is 5. The topological polar surface area (TPSA) is 49.3 Å². The average molecular weight is 318 g/mol.